The molecule has 1 aromatic heterocycles. The van der Waals surface area contributed by atoms with Gasteiger partial charge in [0.15, 0.2) is 0 Å². The zero-order valence-electron chi connectivity index (χ0n) is 11.3. The fourth-order valence-corrected chi connectivity index (χ4v) is 3.72. The molecule has 0 saturated carbocycles. The summed E-state index contributed by atoms with van der Waals surface area (Å²) >= 11 is 1.86. The van der Waals surface area contributed by atoms with Crippen LogP contribution in [0.2, 0.25) is 0 Å². The fourth-order valence-electron chi connectivity index (χ4n) is 3.01. The van der Waals surface area contributed by atoms with Crippen LogP contribution in [0.25, 0.3) is 0 Å². The minimum Gasteiger partial charge on any atom is -0.316 e. The molecule has 1 unspecified atom stereocenters. The second-order valence-corrected chi connectivity index (χ2v) is 6.35. The molecule has 2 heteroatoms. The van der Waals surface area contributed by atoms with Gasteiger partial charge in [-0.2, -0.15) is 0 Å². The molecule has 0 amide bonds. The van der Waals surface area contributed by atoms with Crippen molar-refractivity contribution in [1.82, 2.24) is 5.32 Å². The molecule has 1 aliphatic carbocycles. The number of thiophene rings is 1. The first-order chi connectivity index (χ1) is 9.43. The van der Waals surface area contributed by atoms with Gasteiger partial charge in [-0.1, -0.05) is 30.3 Å². The van der Waals surface area contributed by atoms with E-state index in [1.165, 1.54) is 24.1 Å². The van der Waals surface area contributed by atoms with Crippen molar-refractivity contribution in [2.75, 3.05) is 13.1 Å². The predicted octanol–water partition coefficient (Wildman–Crippen LogP) is 4.00. The zero-order chi connectivity index (χ0) is 12.9. The maximum atomic E-state index is 3.64. The molecular formula is C17H21NS. The lowest BCUT2D eigenvalue weighted by atomic mass is 9.83. The molecule has 1 aliphatic rings. The summed E-state index contributed by atoms with van der Waals surface area (Å²) in [5.41, 5.74) is 3.15. The summed E-state index contributed by atoms with van der Waals surface area (Å²) in [6.07, 6.45) is 5.10. The van der Waals surface area contributed by atoms with E-state index in [1.807, 2.05) is 11.3 Å². The molecule has 0 radical (unpaired) electrons. The summed E-state index contributed by atoms with van der Waals surface area (Å²) in [7, 11) is 0. The van der Waals surface area contributed by atoms with E-state index >= 15 is 0 Å². The van der Waals surface area contributed by atoms with Crippen LogP contribution in [-0.4, -0.2) is 13.1 Å². The second-order valence-electron chi connectivity index (χ2n) is 5.32. The van der Waals surface area contributed by atoms with E-state index in [0.717, 1.165) is 19.5 Å². The van der Waals surface area contributed by atoms with Crippen LogP contribution < -0.4 is 5.32 Å². The third-order valence-electron chi connectivity index (χ3n) is 4.01. The Hall–Kier alpha value is -1.12. The van der Waals surface area contributed by atoms with E-state index < -0.39 is 0 Å². The van der Waals surface area contributed by atoms with Gasteiger partial charge in [-0.15, -0.1) is 11.3 Å². The molecule has 0 spiro atoms. The minimum atomic E-state index is 0.716. The van der Waals surface area contributed by atoms with Crippen LogP contribution in [0.3, 0.4) is 0 Å². The first-order valence-corrected chi connectivity index (χ1v) is 8.12. The van der Waals surface area contributed by atoms with Gasteiger partial charge >= 0.3 is 0 Å². The van der Waals surface area contributed by atoms with E-state index in [-0.39, 0.29) is 0 Å². The van der Waals surface area contributed by atoms with Gasteiger partial charge in [0.1, 0.15) is 0 Å². The number of fused-ring (bicyclic) bond motifs is 1. The van der Waals surface area contributed by atoms with Crippen LogP contribution in [0.1, 0.15) is 34.8 Å². The zero-order valence-corrected chi connectivity index (χ0v) is 12.1. The highest BCUT2D eigenvalue weighted by molar-refractivity contribution is 7.09. The van der Waals surface area contributed by atoms with Crippen molar-refractivity contribution >= 4 is 11.3 Å². The number of benzene rings is 1. The summed E-state index contributed by atoms with van der Waals surface area (Å²) in [5, 5.41) is 5.80. The lowest BCUT2D eigenvalue weighted by Crippen LogP contribution is -2.26. The first kappa shape index (κ1) is 12.9. The fraction of sp³-hybridized carbons (Fsp3) is 0.412. The molecule has 2 aromatic rings. The van der Waals surface area contributed by atoms with Gasteiger partial charge in [0.25, 0.3) is 0 Å². The average Bonchev–Trinajstić information content (AvgIpc) is 2.97. The van der Waals surface area contributed by atoms with Crippen molar-refractivity contribution in [3.63, 3.8) is 0 Å². The molecule has 3 rings (SSSR count). The molecule has 19 heavy (non-hydrogen) atoms. The number of hydrogen-bond acceptors (Lipinski definition) is 2. The SMILES string of the molecule is c1csc(CCNCC2CCCc3ccccc32)c1. The van der Waals surface area contributed by atoms with Crippen molar-refractivity contribution in [2.45, 2.75) is 31.6 Å². The third kappa shape index (κ3) is 3.26. The Balaban J connectivity index is 1.51. The molecule has 1 atom stereocenters. The summed E-state index contributed by atoms with van der Waals surface area (Å²) < 4.78 is 0. The average molecular weight is 271 g/mol. The molecule has 0 bridgehead atoms. The van der Waals surface area contributed by atoms with Crippen molar-refractivity contribution in [3.8, 4) is 0 Å². The van der Waals surface area contributed by atoms with Crippen LogP contribution in [0.5, 0.6) is 0 Å². The highest BCUT2D eigenvalue weighted by Gasteiger charge is 2.18. The van der Waals surface area contributed by atoms with Gasteiger partial charge in [-0.25, -0.2) is 0 Å². The molecular weight excluding hydrogens is 250 g/mol. The summed E-state index contributed by atoms with van der Waals surface area (Å²) in [5.74, 6) is 0.716. The molecule has 1 heterocycles. The van der Waals surface area contributed by atoms with E-state index in [2.05, 4.69) is 47.1 Å². The van der Waals surface area contributed by atoms with Crippen LogP contribution in [-0.2, 0) is 12.8 Å². The molecule has 0 aliphatic heterocycles. The van der Waals surface area contributed by atoms with E-state index in [9.17, 15) is 0 Å². The van der Waals surface area contributed by atoms with Crippen LogP contribution in [0.15, 0.2) is 41.8 Å². The van der Waals surface area contributed by atoms with Gasteiger partial charge in [0, 0.05) is 11.4 Å². The van der Waals surface area contributed by atoms with Gasteiger partial charge < -0.3 is 5.32 Å². The smallest absolute Gasteiger partial charge is 0.00578 e. The lowest BCUT2D eigenvalue weighted by Gasteiger charge is -2.25. The molecule has 1 N–H and O–H groups in total. The highest BCUT2D eigenvalue weighted by atomic mass is 32.1. The summed E-state index contributed by atoms with van der Waals surface area (Å²) in [4.78, 5) is 1.48. The van der Waals surface area contributed by atoms with Gasteiger partial charge in [-0.3, -0.25) is 0 Å². The van der Waals surface area contributed by atoms with Gasteiger partial charge in [0.2, 0.25) is 0 Å². The molecule has 0 saturated heterocycles. The van der Waals surface area contributed by atoms with E-state index in [1.54, 1.807) is 11.1 Å². The Kier molecular flexibility index (Phi) is 4.31. The topological polar surface area (TPSA) is 12.0 Å². The van der Waals surface area contributed by atoms with Crippen molar-refractivity contribution in [2.24, 2.45) is 0 Å². The predicted molar refractivity (Wildman–Crippen MR) is 83.0 cm³/mol. The largest absolute Gasteiger partial charge is 0.316 e. The quantitative estimate of drug-likeness (QED) is 0.811. The van der Waals surface area contributed by atoms with E-state index in [0.29, 0.717) is 5.92 Å². The van der Waals surface area contributed by atoms with E-state index in [4.69, 9.17) is 0 Å². The number of aryl methyl sites for hydroxylation is 1. The summed E-state index contributed by atoms with van der Waals surface area (Å²) in [6, 6.07) is 13.3. The highest BCUT2D eigenvalue weighted by Crippen LogP contribution is 2.30. The van der Waals surface area contributed by atoms with Crippen molar-refractivity contribution < 1.29 is 0 Å². The second kappa shape index (κ2) is 6.36. The lowest BCUT2D eigenvalue weighted by molar-refractivity contribution is 0.509. The number of rotatable bonds is 5. The van der Waals surface area contributed by atoms with Gasteiger partial charge in [0.05, 0.1) is 0 Å². The number of hydrogen-bond donors (Lipinski definition) is 1. The van der Waals surface area contributed by atoms with Crippen molar-refractivity contribution in [1.29, 1.82) is 0 Å². The Morgan fingerprint density at radius 1 is 1.16 bits per heavy atom. The Bertz CT molecular complexity index is 504. The minimum absolute atomic E-state index is 0.716. The van der Waals surface area contributed by atoms with Gasteiger partial charge in [-0.05, 0) is 60.7 Å². The monoisotopic (exact) mass is 271 g/mol. The molecule has 1 nitrogen and oxygen atoms in total. The molecule has 1 aromatic carbocycles. The first-order valence-electron chi connectivity index (χ1n) is 7.24. The Morgan fingerprint density at radius 2 is 2.11 bits per heavy atom. The molecule has 100 valence electrons. The Labute approximate surface area is 119 Å². The maximum absolute atomic E-state index is 3.64. The van der Waals surface area contributed by atoms with Crippen LogP contribution in [0.4, 0.5) is 0 Å². The normalized spacial score (nSPS) is 18.2. The van der Waals surface area contributed by atoms with Crippen LogP contribution in [0, 0.1) is 0 Å². The summed E-state index contributed by atoms with van der Waals surface area (Å²) in [6.45, 7) is 2.22. The van der Waals surface area contributed by atoms with Crippen molar-refractivity contribution in [3.05, 3.63) is 57.8 Å². The Morgan fingerprint density at radius 3 is 3.00 bits per heavy atom. The molecule has 0 fully saturated rings. The van der Waals surface area contributed by atoms with Crippen LogP contribution >= 0.6 is 11.3 Å². The number of nitrogens with one attached hydrogen (secondary N) is 1. The third-order valence-corrected chi connectivity index (χ3v) is 4.95. The maximum Gasteiger partial charge on any atom is 0.00578 e. The standard InChI is InChI=1S/C17H21NS/c1-2-9-17-14(5-1)6-3-7-15(17)13-18-11-10-16-8-4-12-19-16/h1-2,4-5,8-9,12,15,18H,3,6-7,10-11,13H2.